The smallest absolute Gasteiger partial charge is 0.111 e. The van der Waals surface area contributed by atoms with Crippen LogP contribution in [0.25, 0.3) is 10.2 Å². The number of thiazole rings is 1. The van der Waals surface area contributed by atoms with E-state index in [9.17, 15) is 0 Å². The molecule has 0 aliphatic carbocycles. The fourth-order valence-corrected chi connectivity index (χ4v) is 3.12. The fourth-order valence-electron chi connectivity index (χ4n) is 2.13. The Kier molecular flexibility index (Phi) is 3.76. The Balaban J connectivity index is 1.73. The van der Waals surface area contributed by atoms with E-state index in [2.05, 4.69) is 48.4 Å². The van der Waals surface area contributed by atoms with Crippen LogP contribution in [0.2, 0.25) is 0 Å². The summed E-state index contributed by atoms with van der Waals surface area (Å²) in [5.74, 6) is 0. The minimum atomic E-state index is 0.250. The Morgan fingerprint density at radius 1 is 1.25 bits per heavy atom. The minimum Gasteiger partial charge on any atom is -0.304 e. The first-order valence-electron chi connectivity index (χ1n) is 6.72. The van der Waals surface area contributed by atoms with E-state index < -0.39 is 0 Å². The van der Waals surface area contributed by atoms with Gasteiger partial charge < -0.3 is 5.32 Å². The SMILES string of the molecule is Cc1cnccc1CNC(C)c1nc2ccccc2s1. The van der Waals surface area contributed by atoms with E-state index in [1.807, 2.05) is 18.5 Å². The summed E-state index contributed by atoms with van der Waals surface area (Å²) in [6, 6.07) is 10.6. The van der Waals surface area contributed by atoms with Gasteiger partial charge in [-0.25, -0.2) is 4.98 Å². The molecule has 1 aromatic carbocycles. The number of para-hydroxylation sites is 1. The Hall–Kier alpha value is -1.78. The third kappa shape index (κ3) is 2.71. The zero-order valence-electron chi connectivity index (χ0n) is 11.6. The molecule has 2 aromatic heterocycles. The number of aromatic nitrogens is 2. The highest BCUT2D eigenvalue weighted by Crippen LogP contribution is 2.26. The van der Waals surface area contributed by atoms with Gasteiger partial charge >= 0.3 is 0 Å². The number of nitrogens with zero attached hydrogens (tertiary/aromatic N) is 2. The largest absolute Gasteiger partial charge is 0.304 e. The van der Waals surface area contributed by atoms with Gasteiger partial charge in [-0.3, -0.25) is 4.98 Å². The van der Waals surface area contributed by atoms with Crippen LogP contribution in [0.5, 0.6) is 0 Å². The van der Waals surface area contributed by atoms with Crippen LogP contribution in [0.4, 0.5) is 0 Å². The quantitative estimate of drug-likeness (QED) is 0.790. The normalized spacial score (nSPS) is 12.7. The molecule has 0 bridgehead atoms. The average molecular weight is 283 g/mol. The lowest BCUT2D eigenvalue weighted by atomic mass is 10.1. The molecule has 1 unspecified atom stereocenters. The fraction of sp³-hybridized carbons (Fsp3) is 0.250. The monoisotopic (exact) mass is 283 g/mol. The second kappa shape index (κ2) is 5.69. The molecular formula is C16H17N3S. The van der Waals surface area contributed by atoms with Crippen LogP contribution in [0.1, 0.15) is 29.1 Å². The van der Waals surface area contributed by atoms with Crippen LogP contribution in [0.3, 0.4) is 0 Å². The highest BCUT2D eigenvalue weighted by Gasteiger charge is 2.11. The van der Waals surface area contributed by atoms with Crippen molar-refractivity contribution in [3.8, 4) is 0 Å². The number of nitrogens with one attached hydrogen (secondary N) is 1. The van der Waals surface area contributed by atoms with Gasteiger partial charge in [0.2, 0.25) is 0 Å². The Morgan fingerprint density at radius 2 is 2.10 bits per heavy atom. The molecular weight excluding hydrogens is 266 g/mol. The molecule has 0 fully saturated rings. The lowest BCUT2D eigenvalue weighted by molar-refractivity contribution is 0.571. The molecule has 2 heterocycles. The molecule has 0 amide bonds. The maximum Gasteiger partial charge on any atom is 0.111 e. The van der Waals surface area contributed by atoms with Gasteiger partial charge in [-0.2, -0.15) is 0 Å². The number of hydrogen-bond acceptors (Lipinski definition) is 4. The highest BCUT2D eigenvalue weighted by atomic mass is 32.1. The summed E-state index contributed by atoms with van der Waals surface area (Å²) in [6.45, 7) is 5.09. The summed E-state index contributed by atoms with van der Waals surface area (Å²) in [4.78, 5) is 8.81. The molecule has 0 spiro atoms. The lowest BCUT2D eigenvalue weighted by Gasteiger charge is -2.12. The highest BCUT2D eigenvalue weighted by molar-refractivity contribution is 7.18. The summed E-state index contributed by atoms with van der Waals surface area (Å²) in [6.07, 6.45) is 3.74. The van der Waals surface area contributed by atoms with Crippen LogP contribution < -0.4 is 5.32 Å². The molecule has 3 aromatic rings. The van der Waals surface area contributed by atoms with E-state index in [4.69, 9.17) is 4.98 Å². The molecule has 4 heteroatoms. The van der Waals surface area contributed by atoms with Crippen molar-refractivity contribution in [3.05, 3.63) is 58.9 Å². The topological polar surface area (TPSA) is 37.8 Å². The minimum absolute atomic E-state index is 0.250. The van der Waals surface area contributed by atoms with E-state index in [0.717, 1.165) is 17.1 Å². The van der Waals surface area contributed by atoms with Crippen molar-refractivity contribution >= 4 is 21.6 Å². The third-order valence-electron chi connectivity index (χ3n) is 3.42. The zero-order chi connectivity index (χ0) is 13.9. The van der Waals surface area contributed by atoms with Crippen LogP contribution >= 0.6 is 11.3 Å². The summed E-state index contributed by atoms with van der Waals surface area (Å²) >= 11 is 1.76. The molecule has 1 atom stereocenters. The maximum atomic E-state index is 4.69. The van der Waals surface area contributed by atoms with Gasteiger partial charge in [0.05, 0.1) is 16.3 Å². The first-order chi connectivity index (χ1) is 9.74. The lowest BCUT2D eigenvalue weighted by Crippen LogP contribution is -2.18. The second-order valence-electron chi connectivity index (χ2n) is 4.92. The number of rotatable bonds is 4. The van der Waals surface area contributed by atoms with E-state index in [-0.39, 0.29) is 6.04 Å². The van der Waals surface area contributed by atoms with Gasteiger partial charge in [0.1, 0.15) is 5.01 Å². The molecule has 3 rings (SSSR count). The van der Waals surface area contributed by atoms with Gasteiger partial charge in [-0.15, -0.1) is 11.3 Å². The second-order valence-corrected chi connectivity index (χ2v) is 5.99. The van der Waals surface area contributed by atoms with Crippen molar-refractivity contribution in [1.82, 2.24) is 15.3 Å². The van der Waals surface area contributed by atoms with Gasteiger partial charge in [0.15, 0.2) is 0 Å². The van der Waals surface area contributed by atoms with E-state index in [1.165, 1.54) is 15.8 Å². The predicted molar refractivity (Wildman–Crippen MR) is 83.8 cm³/mol. The van der Waals surface area contributed by atoms with Gasteiger partial charge in [0.25, 0.3) is 0 Å². The van der Waals surface area contributed by atoms with Crippen LogP contribution in [0, 0.1) is 6.92 Å². The molecule has 0 saturated carbocycles. The van der Waals surface area contributed by atoms with Crippen molar-refractivity contribution in [2.75, 3.05) is 0 Å². The number of fused-ring (bicyclic) bond motifs is 1. The van der Waals surface area contributed by atoms with Crippen molar-refractivity contribution < 1.29 is 0 Å². The molecule has 0 aliphatic rings. The van der Waals surface area contributed by atoms with E-state index in [0.29, 0.717) is 0 Å². The average Bonchev–Trinajstić information content (AvgIpc) is 2.90. The van der Waals surface area contributed by atoms with Gasteiger partial charge in [0, 0.05) is 18.9 Å². The van der Waals surface area contributed by atoms with Crippen molar-refractivity contribution in [2.24, 2.45) is 0 Å². The summed E-state index contributed by atoms with van der Waals surface area (Å²) in [5.41, 5.74) is 3.59. The van der Waals surface area contributed by atoms with E-state index >= 15 is 0 Å². The van der Waals surface area contributed by atoms with Crippen molar-refractivity contribution in [2.45, 2.75) is 26.4 Å². The standard InChI is InChI=1S/C16H17N3S/c1-11-9-17-8-7-13(11)10-18-12(2)16-19-14-5-3-4-6-15(14)20-16/h3-9,12,18H,10H2,1-2H3. The molecule has 3 nitrogen and oxygen atoms in total. The summed E-state index contributed by atoms with van der Waals surface area (Å²) in [7, 11) is 0. The Labute approximate surface area is 122 Å². The van der Waals surface area contributed by atoms with Gasteiger partial charge in [-0.1, -0.05) is 12.1 Å². The molecule has 0 aliphatic heterocycles. The van der Waals surface area contributed by atoms with Crippen molar-refractivity contribution in [3.63, 3.8) is 0 Å². The first-order valence-corrected chi connectivity index (χ1v) is 7.54. The third-order valence-corrected chi connectivity index (χ3v) is 4.64. The summed E-state index contributed by atoms with van der Waals surface area (Å²) in [5, 5.41) is 4.67. The van der Waals surface area contributed by atoms with Crippen LogP contribution in [-0.2, 0) is 6.54 Å². The van der Waals surface area contributed by atoms with Crippen molar-refractivity contribution in [1.29, 1.82) is 0 Å². The molecule has 102 valence electrons. The molecule has 20 heavy (non-hydrogen) atoms. The van der Waals surface area contributed by atoms with E-state index in [1.54, 1.807) is 11.3 Å². The number of pyridine rings is 1. The first kappa shape index (κ1) is 13.2. The molecule has 0 radical (unpaired) electrons. The predicted octanol–water partition coefficient (Wildman–Crippen LogP) is 3.85. The zero-order valence-corrected chi connectivity index (χ0v) is 12.4. The number of aryl methyl sites for hydroxylation is 1. The maximum absolute atomic E-state index is 4.69. The summed E-state index contributed by atoms with van der Waals surface area (Å²) < 4.78 is 1.25. The molecule has 1 N–H and O–H groups in total. The number of hydrogen-bond donors (Lipinski definition) is 1. The van der Waals surface area contributed by atoms with Crippen LogP contribution in [0.15, 0.2) is 42.7 Å². The van der Waals surface area contributed by atoms with Gasteiger partial charge in [-0.05, 0) is 43.2 Å². The number of benzene rings is 1. The Morgan fingerprint density at radius 3 is 2.90 bits per heavy atom. The Bertz CT molecular complexity index is 687. The molecule has 0 saturated heterocycles. The van der Waals surface area contributed by atoms with Crippen LogP contribution in [-0.4, -0.2) is 9.97 Å².